The van der Waals surface area contributed by atoms with Gasteiger partial charge >= 0.3 is 0 Å². The molecule has 0 fully saturated rings. The van der Waals surface area contributed by atoms with Gasteiger partial charge in [0.1, 0.15) is 0 Å². The van der Waals surface area contributed by atoms with Crippen molar-refractivity contribution >= 4 is 34.3 Å². The predicted octanol–water partition coefficient (Wildman–Crippen LogP) is 5.89. The van der Waals surface area contributed by atoms with E-state index in [9.17, 15) is 4.79 Å². The summed E-state index contributed by atoms with van der Waals surface area (Å²) in [5, 5.41) is 5.18. The van der Waals surface area contributed by atoms with E-state index in [1.165, 1.54) is 5.56 Å². The summed E-state index contributed by atoms with van der Waals surface area (Å²) >= 11 is 1.61. The average Bonchev–Trinajstić information content (AvgIpc) is 2.76. The quantitative estimate of drug-likeness (QED) is 0.407. The number of anilines is 1. The lowest BCUT2D eigenvalue weighted by Crippen LogP contribution is -2.12. The van der Waals surface area contributed by atoms with Crippen molar-refractivity contribution in [1.29, 1.82) is 0 Å². The van der Waals surface area contributed by atoms with Crippen LogP contribution in [-0.2, 0) is 6.54 Å². The van der Waals surface area contributed by atoms with Gasteiger partial charge in [-0.3, -0.25) is 9.52 Å². The Bertz CT molecular complexity index is 1080. The molecule has 0 aliphatic rings. The molecular formula is C24H20N2OS. The van der Waals surface area contributed by atoms with E-state index in [1.54, 1.807) is 11.9 Å². The number of hydrogen-bond donors (Lipinski definition) is 2. The van der Waals surface area contributed by atoms with Crippen molar-refractivity contribution in [1.82, 2.24) is 4.72 Å². The van der Waals surface area contributed by atoms with Gasteiger partial charge in [-0.1, -0.05) is 72.8 Å². The molecule has 1 amide bonds. The molecule has 0 aromatic heterocycles. The highest BCUT2D eigenvalue weighted by Gasteiger charge is 2.10. The number of carbonyl (C=O) groups is 1. The monoisotopic (exact) mass is 384 g/mol. The summed E-state index contributed by atoms with van der Waals surface area (Å²) in [4.78, 5) is 13.7. The summed E-state index contributed by atoms with van der Waals surface area (Å²) in [5.41, 5.74) is 2.71. The highest BCUT2D eigenvalue weighted by molar-refractivity contribution is 7.97. The van der Waals surface area contributed by atoms with E-state index in [4.69, 9.17) is 0 Å². The lowest BCUT2D eigenvalue weighted by atomic mass is 10.1. The van der Waals surface area contributed by atoms with Crippen LogP contribution in [-0.4, -0.2) is 5.91 Å². The third kappa shape index (κ3) is 4.25. The highest BCUT2D eigenvalue weighted by atomic mass is 32.2. The van der Waals surface area contributed by atoms with Gasteiger partial charge in [0.25, 0.3) is 5.91 Å². The van der Waals surface area contributed by atoms with Crippen LogP contribution < -0.4 is 10.0 Å². The molecule has 0 aliphatic carbocycles. The van der Waals surface area contributed by atoms with Crippen LogP contribution in [0.1, 0.15) is 15.9 Å². The van der Waals surface area contributed by atoms with Crippen LogP contribution in [0, 0.1) is 0 Å². The fourth-order valence-corrected chi connectivity index (χ4v) is 3.86. The minimum absolute atomic E-state index is 0.103. The van der Waals surface area contributed by atoms with Crippen LogP contribution in [0.3, 0.4) is 0 Å². The van der Waals surface area contributed by atoms with Crippen molar-refractivity contribution in [2.45, 2.75) is 11.4 Å². The average molecular weight is 385 g/mol. The Kier molecular flexibility index (Phi) is 5.71. The largest absolute Gasteiger partial charge is 0.321 e. The lowest BCUT2D eigenvalue weighted by Gasteiger charge is -2.13. The topological polar surface area (TPSA) is 41.1 Å². The van der Waals surface area contributed by atoms with E-state index in [2.05, 4.69) is 28.2 Å². The van der Waals surface area contributed by atoms with Crippen LogP contribution in [0.2, 0.25) is 0 Å². The Hall–Kier alpha value is -3.08. The van der Waals surface area contributed by atoms with Gasteiger partial charge in [0.05, 0.1) is 0 Å². The Balaban J connectivity index is 1.54. The summed E-state index contributed by atoms with van der Waals surface area (Å²) < 4.78 is 3.43. The number of carbonyl (C=O) groups excluding carboxylic acids is 1. The molecular weight excluding hydrogens is 364 g/mol. The molecule has 0 saturated heterocycles. The molecule has 0 unspecified atom stereocenters. The summed E-state index contributed by atoms with van der Waals surface area (Å²) in [6, 6.07) is 31.7. The van der Waals surface area contributed by atoms with E-state index < -0.39 is 0 Å². The molecule has 0 atom stereocenters. The second-order valence-electron chi connectivity index (χ2n) is 6.39. The van der Waals surface area contributed by atoms with Crippen molar-refractivity contribution in [3.8, 4) is 0 Å². The first kappa shape index (κ1) is 18.3. The van der Waals surface area contributed by atoms with Crippen molar-refractivity contribution < 1.29 is 4.79 Å². The van der Waals surface area contributed by atoms with Crippen LogP contribution in [0.25, 0.3) is 10.8 Å². The summed E-state index contributed by atoms with van der Waals surface area (Å²) in [7, 11) is 0. The number of fused-ring (bicyclic) bond motifs is 1. The Morgan fingerprint density at radius 1 is 0.714 bits per heavy atom. The maximum absolute atomic E-state index is 12.5. The van der Waals surface area contributed by atoms with E-state index in [1.807, 2.05) is 78.9 Å². The molecule has 0 aliphatic heterocycles. The fourth-order valence-electron chi connectivity index (χ4n) is 3.05. The molecule has 3 nitrogen and oxygen atoms in total. The van der Waals surface area contributed by atoms with E-state index in [0.29, 0.717) is 5.56 Å². The minimum atomic E-state index is -0.103. The zero-order valence-corrected chi connectivity index (χ0v) is 16.1. The van der Waals surface area contributed by atoms with Gasteiger partial charge in [0.2, 0.25) is 0 Å². The van der Waals surface area contributed by atoms with Crippen molar-refractivity contribution in [2.75, 3.05) is 5.32 Å². The van der Waals surface area contributed by atoms with Crippen LogP contribution in [0.15, 0.2) is 102 Å². The first-order valence-corrected chi connectivity index (χ1v) is 9.95. The summed E-state index contributed by atoms with van der Waals surface area (Å²) in [5.74, 6) is -0.103. The van der Waals surface area contributed by atoms with Gasteiger partial charge in [-0.25, -0.2) is 0 Å². The maximum atomic E-state index is 12.5. The van der Waals surface area contributed by atoms with Gasteiger partial charge in [-0.2, -0.15) is 0 Å². The standard InChI is InChI=1S/C24H20N2OS/c27-24(19-11-5-2-6-12-19)26-22-15-16-23(21-14-8-7-13-20(21)22)28-25-17-18-9-3-1-4-10-18/h1-16,25H,17H2,(H,26,27). The fraction of sp³-hybridized carbons (Fsp3) is 0.0417. The molecule has 4 aromatic rings. The van der Waals surface area contributed by atoms with Crippen LogP contribution in [0.4, 0.5) is 5.69 Å². The van der Waals surface area contributed by atoms with Gasteiger partial charge in [0.15, 0.2) is 0 Å². The lowest BCUT2D eigenvalue weighted by molar-refractivity contribution is 0.102. The molecule has 0 radical (unpaired) electrons. The number of benzene rings is 4. The van der Waals surface area contributed by atoms with Gasteiger partial charge in [-0.05, 0) is 47.2 Å². The summed E-state index contributed by atoms with van der Waals surface area (Å²) in [6.45, 7) is 0.784. The van der Waals surface area contributed by atoms with Gasteiger partial charge in [0, 0.05) is 28.1 Å². The minimum Gasteiger partial charge on any atom is -0.321 e. The van der Waals surface area contributed by atoms with Gasteiger partial charge in [-0.15, -0.1) is 0 Å². The Morgan fingerprint density at radius 2 is 1.36 bits per heavy atom. The third-order valence-electron chi connectivity index (χ3n) is 4.47. The molecule has 0 spiro atoms. The first-order chi connectivity index (χ1) is 13.8. The number of rotatable bonds is 6. The van der Waals surface area contributed by atoms with Crippen molar-refractivity contribution in [2.24, 2.45) is 0 Å². The van der Waals surface area contributed by atoms with Crippen LogP contribution in [0.5, 0.6) is 0 Å². The summed E-state index contributed by atoms with van der Waals surface area (Å²) in [6.07, 6.45) is 0. The number of hydrogen-bond acceptors (Lipinski definition) is 3. The second-order valence-corrected chi connectivity index (χ2v) is 7.32. The van der Waals surface area contributed by atoms with E-state index in [0.717, 1.165) is 27.9 Å². The van der Waals surface area contributed by atoms with E-state index >= 15 is 0 Å². The predicted molar refractivity (Wildman–Crippen MR) is 117 cm³/mol. The van der Waals surface area contributed by atoms with Crippen LogP contribution >= 0.6 is 11.9 Å². The molecule has 0 saturated carbocycles. The SMILES string of the molecule is O=C(Nc1ccc(SNCc2ccccc2)c2ccccc12)c1ccccc1. The molecule has 138 valence electrons. The van der Waals surface area contributed by atoms with Crippen molar-refractivity contribution in [3.63, 3.8) is 0 Å². The third-order valence-corrected chi connectivity index (χ3v) is 5.33. The highest BCUT2D eigenvalue weighted by Crippen LogP contribution is 2.32. The first-order valence-electron chi connectivity index (χ1n) is 9.13. The second kappa shape index (κ2) is 8.74. The number of nitrogens with one attached hydrogen (secondary N) is 2. The Labute approximate surface area is 168 Å². The molecule has 4 rings (SSSR count). The normalized spacial score (nSPS) is 10.7. The molecule has 0 heterocycles. The zero-order chi connectivity index (χ0) is 19.2. The molecule has 4 aromatic carbocycles. The smallest absolute Gasteiger partial charge is 0.255 e. The number of amides is 1. The van der Waals surface area contributed by atoms with Crippen molar-refractivity contribution in [3.05, 3.63) is 108 Å². The van der Waals surface area contributed by atoms with Gasteiger partial charge < -0.3 is 5.32 Å². The van der Waals surface area contributed by atoms with E-state index in [-0.39, 0.29) is 5.91 Å². The maximum Gasteiger partial charge on any atom is 0.255 e. The molecule has 2 N–H and O–H groups in total. The zero-order valence-electron chi connectivity index (χ0n) is 15.3. The molecule has 0 bridgehead atoms. The molecule has 4 heteroatoms. The Morgan fingerprint density at radius 3 is 2.11 bits per heavy atom. The molecule has 28 heavy (non-hydrogen) atoms.